The second-order valence-electron chi connectivity index (χ2n) is 4.65. The number of pyridine rings is 1. The molecule has 6 heteroatoms. The Bertz CT molecular complexity index is 576. The van der Waals surface area contributed by atoms with Crippen LogP contribution in [-0.4, -0.2) is 22.4 Å². The van der Waals surface area contributed by atoms with E-state index in [0.29, 0.717) is 5.11 Å². The van der Waals surface area contributed by atoms with Crippen LogP contribution in [-0.2, 0) is 5.75 Å². The topological polar surface area (TPSA) is 37.0 Å². The molecule has 3 nitrogen and oxygen atoms in total. The molecule has 0 radical (unpaired) electrons. The highest BCUT2D eigenvalue weighted by Crippen LogP contribution is 2.15. The summed E-state index contributed by atoms with van der Waals surface area (Å²) in [6.07, 6.45) is 4.53. The normalized spacial score (nSPS) is 10.2. The average Bonchev–Trinajstić information content (AvgIpc) is 2.53. The summed E-state index contributed by atoms with van der Waals surface area (Å²) in [5.74, 6) is 2.10. The molecule has 1 heterocycles. The molecule has 0 unspecified atom stereocenters. The van der Waals surface area contributed by atoms with Gasteiger partial charge in [0.05, 0.1) is 0 Å². The number of nitrogens with zero attached hydrogens (tertiary/aromatic N) is 1. The van der Waals surface area contributed by atoms with Crippen molar-refractivity contribution in [2.75, 3.05) is 17.6 Å². The SMILES string of the molecule is S=C(NCCCSCc1ccc(Cl)cc1)Nc1ccncc1. The minimum atomic E-state index is 0.647. The van der Waals surface area contributed by atoms with Crippen molar-refractivity contribution < 1.29 is 0 Å². The molecule has 1 aromatic carbocycles. The maximum atomic E-state index is 5.87. The summed E-state index contributed by atoms with van der Waals surface area (Å²) in [4.78, 5) is 3.96. The van der Waals surface area contributed by atoms with Crippen LogP contribution in [0.2, 0.25) is 5.02 Å². The minimum absolute atomic E-state index is 0.647. The lowest BCUT2D eigenvalue weighted by molar-refractivity contribution is 0.854. The number of nitrogens with one attached hydrogen (secondary N) is 2. The third-order valence-electron chi connectivity index (χ3n) is 2.87. The molecule has 0 saturated carbocycles. The molecule has 22 heavy (non-hydrogen) atoms. The molecule has 0 spiro atoms. The molecule has 0 amide bonds. The van der Waals surface area contributed by atoms with Crippen molar-refractivity contribution in [3.63, 3.8) is 0 Å². The van der Waals surface area contributed by atoms with Gasteiger partial charge in [-0.2, -0.15) is 11.8 Å². The Morgan fingerprint density at radius 3 is 2.59 bits per heavy atom. The van der Waals surface area contributed by atoms with Crippen LogP contribution in [0.15, 0.2) is 48.8 Å². The van der Waals surface area contributed by atoms with Gasteiger partial charge in [-0.15, -0.1) is 0 Å². The third kappa shape index (κ3) is 6.64. The van der Waals surface area contributed by atoms with E-state index >= 15 is 0 Å². The second kappa shape index (κ2) is 9.66. The van der Waals surface area contributed by atoms with Gasteiger partial charge in [-0.25, -0.2) is 0 Å². The molecule has 0 aliphatic heterocycles. The number of anilines is 1. The average molecular weight is 352 g/mol. The number of rotatable bonds is 7. The number of aromatic nitrogens is 1. The summed E-state index contributed by atoms with van der Waals surface area (Å²) < 4.78 is 0. The standard InChI is InChI=1S/C16H18ClN3S2/c17-14-4-2-13(3-5-14)12-22-11-1-8-19-16(21)20-15-6-9-18-10-7-15/h2-7,9-10H,1,8,11-12H2,(H2,18,19,20,21). The zero-order chi connectivity index (χ0) is 15.6. The van der Waals surface area contributed by atoms with Crippen molar-refractivity contribution in [2.45, 2.75) is 12.2 Å². The molecule has 2 N–H and O–H groups in total. The third-order valence-corrected chi connectivity index (χ3v) is 4.48. The summed E-state index contributed by atoms with van der Waals surface area (Å²) in [5.41, 5.74) is 2.25. The summed E-state index contributed by atoms with van der Waals surface area (Å²) >= 11 is 13.0. The van der Waals surface area contributed by atoms with E-state index in [2.05, 4.69) is 27.8 Å². The maximum Gasteiger partial charge on any atom is 0.170 e. The number of hydrogen-bond acceptors (Lipinski definition) is 3. The fraction of sp³-hybridized carbons (Fsp3) is 0.250. The van der Waals surface area contributed by atoms with Gasteiger partial charge in [-0.3, -0.25) is 4.98 Å². The molecule has 2 aromatic rings. The Kier molecular flexibility index (Phi) is 7.49. The molecule has 2 rings (SSSR count). The fourth-order valence-electron chi connectivity index (χ4n) is 1.76. The van der Waals surface area contributed by atoms with E-state index in [4.69, 9.17) is 23.8 Å². The van der Waals surface area contributed by atoms with Gasteiger partial charge in [-0.1, -0.05) is 23.7 Å². The van der Waals surface area contributed by atoms with Crippen molar-refractivity contribution in [3.8, 4) is 0 Å². The zero-order valence-corrected chi connectivity index (χ0v) is 14.5. The van der Waals surface area contributed by atoms with Crippen LogP contribution < -0.4 is 10.6 Å². The predicted octanol–water partition coefficient (Wildman–Crippen LogP) is 4.34. The van der Waals surface area contributed by atoms with Gasteiger partial charge in [0, 0.05) is 35.4 Å². The Morgan fingerprint density at radius 1 is 1.14 bits per heavy atom. The largest absolute Gasteiger partial charge is 0.362 e. The molecule has 1 aromatic heterocycles. The van der Waals surface area contributed by atoms with E-state index in [-0.39, 0.29) is 0 Å². The number of halogens is 1. The number of thiocarbonyl (C=S) groups is 1. The molecule has 0 aliphatic carbocycles. The highest BCUT2D eigenvalue weighted by Gasteiger charge is 1.97. The molecule has 0 bridgehead atoms. The van der Waals surface area contributed by atoms with Crippen molar-refractivity contribution in [2.24, 2.45) is 0 Å². The zero-order valence-electron chi connectivity index (χ0n) is 12.1. The molecule has 0 atom stereocenters. The number of hydrogen-bond donors (Lipinski definition) is 2. The summed E-state index contributed by atoms with van der Waals surface area (Å²) in [6.45, 7) is 0.866. The van der Waals surface area contributed by atoms with Crippen LogP contribution >= 0.6 is 35.6 Å². The monoisotopic (exact) mass is 351 g/mol. The quantitative estimate of drug-likeness (QED) is 0.573. The first kappa shape index (κ1) is 17.1. The van der Waals surface area contributed by atoms with Gasteiger partial charge in [0.2, 0.25) is 0 Å². The van der Waals surface area contributed by atoms with Gasteiger partial charge in [0.15, 0.2) is 5.11 Å². The van der Waals surface area contributed by atoms with E-state index in [1.165, 1.54) is 5.56 Å². The van der Waals surface area contributed by atoms with E-state index in [1.54, 1.807) is 12.4 Å². The van der Waals surface area contributed by atoms with E-state index < -0.39 is 0 Å². The predicted molar refractivity (Wildman–Crippen MR) is 101 cm³/mol. The van der Waals surface area contributed by atoms with Crippen LogP contribution in [0.4, 0.5) is 5.69 Å². The molecule has 0 aliphatic rings. The van der Waals surface area contributed by atoms with Crippen molar-refractivity contribution in [3.05, 3.63) is 59.4 Å². The Morgan fingerprint density at radius 2 is 1.86 bits per heavy atom. The van der Waals surface area contributed by atoms with E-state index in [0.717, 1.165) is 35.2 Å². The van der Waals surface area contributed by atoms with E-state index in [9.17, 15) is 0 Å². The highest BCUT2D eigenvalue weighted by atomic mass is 35.5. The molecular weight excluding hydrogens is 334 g/mol. The van der Waals surface area contributed by atoms with Crippen LogP contribution in [0.3, 0.4) is 0 Å². The van der Waals surface area contributed by atoms with Crippen LogP contribution in [0.25, 0.3) is 0 Å². The second-order valence-corrected chi connectivity index (χ2v) is 6.60. The van der Waals surface area contributed by atoms with Crippen molar-refractivity contribution >= 4 is 46.4 Å². The van der Waals surface area contributed by atoms with Crippen molar-refractivity contribution in [1.82, 2.24) is 10.3 Å². The van der Waals surface area contributed by atoms with Crippen LogP contribution in [0, 0.1) is 0 Å². The van der Waals surface area contributed by atoms with Gasteiger partial charge >= 0.3 is 0 Å². The van der Waals surface area contributed by atoms with Gasteiger partial charge in [-0.05, 0) is 54.2 Å². The Hall–Kier alpha value is -1.30. The number of thioether (sulfide) groups is 1. The van der Waals surface area contributed by atoms with Crippen molar-refractivity contribution in [1.29, 1.82) is 0 Å². The lowest BCUT2D eigenvalue weighted by Crippen LogP contribution is -2.29. The van der Waals surface area contributed by atoms with Crippen LogP contribution in [0.5, 0.6) is 0 Å². The smallest absolute Gasteiger partial charge is 0.170 e. The Balaban J connectivity index is 1.54. The molecule has 0 fully saturated rings. The van der Waals surface area contributed by atoms with Gasteiger partial charge < -0.3 is 10.6 Å². The summed E-state index contributed by atoms with van der Waals surface area (Å²) in [7, 11) is 0. The summed E-state index contributed by atoms with van der Waals surface area (Å²) in [6, 6.07) is 11.8. The van der Waals surface area contributed by atoms with Gasteiger partial charge in [0.25, 0.3) is 0 Å². The maximum absolute atomic E-state index is 5.87. The number of benzene rings is 1. The lowest BCUT2D eigenvalue weighted by atomic mass is 10.2. The first-order valence-electron chi connectivity index (χ1n) is 7.01. The summed E-state index contributed by atoms with van der Waals surface area (Å²) in [5, 5.41) is 7.76. The fourth-order valence-corrected chi connectivity index (χ4v) is 3.02. The first-order valence-corrected chi connectivity index (χ1v) is 8.95. The molecule has 0 saturated heterocycles. The minimum Gasteiger partial charge on any atom is -0.362 e. The lowest BCUT2D eigenvalue weighted by Gasteiger charge is -2.10. The Labute approximate surface area is 145 Å². The molecular formula is C16H18ClN3S2. The first-order chi connectivity index (χ1) is 10.7. The molecule has 116 valence electrons. The highest BCUT2D eigenvalue weighted by molar-refractivity contribution is 7.98. The van der Waals surface area contributed by atoms with Gasteiger partial charge in [0.1, 0.15) is 0 Å². The van der Waals surface area contributed by atoms with Crippen LogP contribution in [0.1, 0.15) is 12.0 Å². The van der Waals surface area contributed by atoms with E-state index in [1.807, 2.05) is 36.0 Å².